The van der Waals surface area contributed by atoms with Crippen LogP contribution in [0.25, 0.3) is 5.70 Å². The maximum Gasteiger partial charge on any atom is 0.338 e. The molecule has 0 fully saturated rings. The summed E-state index contributed by atoms with van der Waals surface area (Å²) in [6.07, 6.45) is 2.78. The fourth-order valence-corrected chi connectivity index (χ4v) is 2.26. The molecule has 0 atom stereocenters. The predicted molar refractivity (Wildman–Crippen MR) is 84.5 cm³/mol. The number of hydrogen-bond donors (Lipinski definition) is 2. The van der Waals surface area contributed by atoms with Gasteiger partial charge in [0.25, 0.3) is 0 Å². The molecule has 0 aliphatic rings. The van der Waals surface area contributed by atoms with Crippen molar-refractivity contribution >= 4 is 23.4 Å². The normalized spacial score (nSPS) is 11.3. The summed E-state index contributed by atoms with van der Waals surface area (Å²) < 4.78 is 1.53. The number of allylic oxidation sites excluding steroid dienone is 1. The molecule has 2 rings (SSSR count). The van der Waals surface area contributed by atoms with E-state index < -0.39 is 5.97 Å². The Hall–Kier alpha value is -2.47. The van der Waals surface area contributed by atoms with Crippen molar-refractivity contribution in [2.24, 2.45) is 5.73 Å². The smallest absolute Gasteiger partial charge is 0.338 e. The fraction of sp³-hybridized carbons (Fsp3) is 0.0667. The third-order valence-corrected chi connectivity index (χ3v) is 3.51. The van der Waals surface area contributed by atoms with E-state index in [0.717, 1.165) is 10.5 Å². The van der Waals surface area contributed by atoms with E-state index in [1.807, 2.05) is 35.7 Å². The SMILES string of the molecule is C=C(Cn1cc(C(=O)O)cn1)S/C=C(\N)c1ccccc1. The number of nitrogens with two attached hydrogens (primary N) is 1. The molecule has 0 aliphatic carbocycles. The first-order valence-electron chi connectivity index (χ1n) is 6.17. The molecule has 0 saturated heterocycles. The molecule has 0 unspecified atom stereocenters. The van der Waals surface area contributed by atoms with Gasteiger partial charge < -0.3 is 10.8 Å². The number of carboxylic acid groups (broad SMARTS) is 1. The van der Waals surface area contributed by atoms with Gasteiger partial charge in [0.05, 0.1) is 18.3 Å². The number of thioether (sulfide) groups is 1. The number of nitrogens with zero attached hydrogens (tertiary/aromatic N) is 2. The second-order valence-corrected chi connectivity index (χ2v) is 5.38. The van der Waals surface area contributed by atoms with Crippen molar-refractivity contribution in [2.75, 3.05) is 0 Å². The lowest BCUT2D eigenvalue weighted by Crippen LogP contribution is -2.00. The minimum Gasteiger partial charge on any atom is -0.478 e. The Morgan fingerprint density at radius 3 is 2.71 bits per heavy atom. The maximum atomic E-state index is 10.8. The van der Waals surface area contributed by atoms with Crippen molar-refractivity contribution in [1.82, 2.24) is 9.78 Å². The average Bonchev–Trinajstić information content (AvgIpc) is 2.94. The lowest BCUT2D eigenvalue weighted by Gasteiger charge is -2.04. The maximum absolute atomic E-state index is 10.8. The monoisotopic (exact) mass is 301 g/mol. The standard InChI is InChI=1S/C15H15N3O2S/c1-11(8-18-9-13(7-17-18)15(19)20)21-10-14(16)12-5-3-2-4-6-12/h2-7,9-10H,1,8,16H2,(H,19,20)/b14-10-. The molecular formula is C15H15N3O2S. The third kappa shape index (κ3) is 4.25. The van der Waals surface area contributed by atoms with Crippen LogP contribution in [0.4, 0.5) is 0 Å². The molecule has 0 amide bonds. The summed E-state index contributed by atoms with van der Waals surface area (Å²) in [5, 5.41) is 14.6. The summed E-state index contributed by atoms with van der Waals surface area (Å²) in [5.74, 6) is -0.993. The molecule has 1 aromatic carbocycles. The van der Waals surface area contributed by atoms with E-state index in [-0.39, 0.29) is 5.56 Å². The Morgan fingerprint density at radius 2 is 2.10 bits per heavy atom. The Bertz CT molecular complexity index is 677. The van der Waals surface area contributed by atoms with E-state index in [1.54, 1.807) is 0 Å². The molecule has 2 aromatic rings. The highest BCUT2D eigenvalue weighted by Gasteiger charge is 2.06. The minimum atomic E-state index is -0.993. The first kappa shape index (κ1) is 14.9. The van der Waals surface area contributed by atoms with Crippen LogP contribution in [0.3, 0.4) is 0 Å². The van der Waals surface area contributed by atoms with E-state index in [0.29, 0.717) is 12.2 Å². The highest BCUT2D eigenvalue weighted by atomic mass is 32.2. The fourth-order valence-electron chi connectivity index (χ4n) is 1.62. The highest BCUT2D eigenvalue weighted by Crippen LogP contribution is 2.21. The molecule has 0 spiro atoms. The molecule has 0 bridgehead atoms. The molecule has 3 N–H and O–H groups in total. The van der Waals surface area contributed by atoms with Crippen molar-refractivity contribution in [3.63, 3.8) is 0 Å². The van der Waals surface area contributed by atoms with Gasteiger partial charge in [-0.25, -0.2) is 4.79 Å². The van der Waals surface area contributed by atoms with Crippen LogP contribution in [0.15, 0.2) is 59.6 Å². The van der Waals surface area contributed by atoms with Gasteiger partial charge in [-0.1, -0.05) is 48.7 Å². The van der Waals surface area contributed by atoms with Crippen molar-refractivity contribution < 1.29 is 9.90 Å². The van der Waals surface area contributed by atoms with Crippen LogP contribution in [0.5, 0.6) is 0 Å². The molecule has 0 radical (unpaired) electrons. The second-order valence-electron chi connectivity index (χ2n) is 4.33. The van der Waals surface area contributed by atoms with Crippen molar-refractivity contribution in [3.05, 3.63) is 70.7 Å². The molecule has 0 saturated carbocycles. The molecule has 5 nitrogen and oxygen atoms in total. The van der Waals surface area contributed by atoms with E-state index in [2.05, 4.69) is 11.7 Å². The van der Waals surface area contributed by atoms with E-state index in [4.69, 9.17) is 10.8 Å². The Morgan fingerprint density at radius 1 is 1.38 bits per heavy atom. The number of hydrogen-bond acceptors (Lipinski definition) is 4. The predicted octanol–water partition coefficient (Wildman–Crippen LogP) is 2.79. The summed E-state index contributed by atoms with van der Waals surface area (Å²) in [6, 6.07) is 9.64. The number of benzene rings is 1. The van der Waals surface area contributed by atoms with Gasteiger partial charge in [0, 0.05) is 16.8 Å². The first-order chi connectivity index (χ1) is 10.1. The Labute approximate surface area is 126 Å². The van der Waals surface area contributed by atoms with Gasteiger partial charge in [0.2, 0.25) is 0 Å². The molecule has 0 aliphatic heterocycles. The van der Waals surface area contributed by atoms with Crippen LogP contribution in [0.1, 0.15) is 15.9 Å². The number of rotatable bonds is 6. The summed E-state index contributed by atoms with van der Waals surface area (Å²) in [7, 11) is 0. The number of carbonyl (C=O) groups is 1. The van der Waals surface area contributed by atoms with Gasteiger partial charge in [0.15, 0.2) is 0 Å². The zero-order chi connectivity index (χ0) is 15.2. The van der Waals surface area contributed by atoms with E-state index >= 15 is 0 Å². The molecule has 1 heterocycles. The highest BCUT2D eigenvalue weighted by molar-refractivity contribution is 8.05. The van der Waals surface area contributed by atoms with Crippen LogP contribution >= 0.6 is 11.8 Å². The molecule has 1 aromatic heterocycles. The van der Waals surface area contributed by atoms with Gasteiger partial charge in [-0.15, -0.1) is 0 Å². The second kappa shape index (κ2) is 6.81. The van der Waals surface area contributed by atoms with E-state index in [9.17, 15) is 4.79 Å². The van der Waals surface area contributed by atoms with Gasteiger partial charge in [-0.2, -0.15) is 5.10 Å². The van der Waals surface area contributed by atoms with Crippen LogP contribution in [0, 0.1) is 0 Å². The number of carboxylic acids is 1. The van der Waals surface area contributed by atoms with Crippen molar-refractivity contribution in [1.29, 1.82) is 0 Å². The van der Waals surface area contributed by atoms with Crippen LogP contribution in [0.2, 0.25) is 0 Å². The quantitative estimate of drug-likeness (QED) is 0.857. The molecule has 21 heavy (non-hydrogen) atoms. The summed E-state index contributed by atoms with van der Waals surface area (Å²) in [4.78, 5) is 11.6. The number of aromatic nitrogens is 2. The van der Waals surface area contributed by atoms with Crippen molar-refractivity contribution in [2.45, 2.75) is 6.54 Å². The van der Waals surface area contributed by atoms with Crippen LogP contribution in [-0.2, 0) is 6.54 Å². The summed E-state index contributed by atoms with van der Waals surface area (Å²) >= 11 is 1.40. The average molecular weight is 301 g/mol. The largest absolute Gasteiger partial charge is 0.478 e. The van der Waals surface area contributed by atoms with Gasteiger partial charge in [-0.3, -0.25) is 4.68 Å². The topological polar surface area (TPSA) is 81.1 Å². The molecule has 108 valence electrons. The summed E-state index contributed by atoms with van der Waals surface area (Å²) in [5.41, 5.74) is 7.75. The van der Waals surface area contributed by atoms with Crippen molar-refractivity contribution in [3.8, 4) is 0 Å². The zero-order valence-electron chi connectivity index (χ0n) is 11.3. The zero-order valence-corrected chi connectivity index (χ0v) is 12.1. The molecule has 6 heteroatoms. The number of aromatic carboxylic acids is 1. The first-order valence-corrected chi connectivity index (χ1v) is 7.05. The summed E-state index contributed by atoms with van der Waals surface area (Å²) in [6.45, 7) is 4.35. The lowest BCUT2D eigenvalue weighted by atomic mass is 10.2. The van der Waals surface area contributed by atoms with Gasteiger partial charge >= 0.3 is 5.97 Å². The van der Waals surface area contributed by atoms with E-state index in [1.165, 1.54) is 28.8 Å². The molecular weight excluding hydrogens is 286 g/mol. The third-order valence-electron chi connectivity index (χ3n) is 2.68. The Kier molecular flexibility index (Phi) is 4.84. The Balaban J connectivity index is 1.94. The van der Waals surface area contributed by atoms with Gasteiger partial charge in [-0.05, 0) is 11.0 Å². The lowest BCUT2D eigenvalue weighted by molar-refractivity contribution is 0.0697. The van der Waals surface area contributed by atoms with Crippen LogP contribution < -0.4 is 5.73 Å². The minimum absolute atomic E-state index is 0.159. The van der Waals surface area contributed by atoms with Gasteiger partial charge in [0.1, 0.15) is 0 Å². The van der Waals surface area contributed by atoms with Crippen LogP contribution in [-0.4, -0.2) is 20.9 Å².